The van der Waals surface area contributed by atoms with Gasteiger partial charge in [-0.15, -0.1) is 11.8 Å². The molecule has 33 heavy (non-hydrogen) atoms. The summed E-state index contributed by atoms with van der Waals surface area (Å²) in [7, 11) is 2.09. The molecule has 4 aliphatic heterocycles. The van der Waals surface area contributed by atoms with Crippen molar-refractivity contribution in [3.63, 3.8) is 0 Å². The molecule has 8 heteroatoms. The molecule has 1 aromatic carbocycles. The van der Waals surface area contributed by atoms with Crippen LogP contribution in [-0.2, 0) is 16.1 Å². The second-order valence-electron chi connectivity index (χ2n) is 9.42. The van der Waals surface area contributed by atoms with Crippen LogP contribution >= 0.6 is 11.8 Å². The van der Waals surface area contributed by atoms with E-state index in [4.69, 9.17) is 0 Å². The highest BCUT2D eigenvalue weighted by Crippen LogP contribution is 2.39. The third kappa shape index (κ3) is 4.68. The Kier molecular flexibility index (Phi) is 6.47. The minimum absolute atomic E-state index is 0.0169. The molecule has 0 saturated carbocycles. The van der Waals surface area contributed by atoms with E-state index in [2.05, 4.69) is 34.4 Å². The van der Waals surface area contributed by atoms with Gasteiger partial charge in [0.05, 0.1) is 11.3 Å². The number of amides is 2. The van der Waals surface area contributed by atoms with Crippen molar-refractivity contribution in [2.24, 2.45) is 5.92 Å². The van der Waals surface area contributed by atoms with Crippen LogP contribution in [-0.4, -0.2) is 89.0 Å². The molecular weight excluding hydrogens is 439 g/mol. The minimum atomic E-state index is -0.254. The summed E-state index contributed by atoms with van der Waals surface area (Å²) in [5.74, 6) is 0.0636. The largest absolute Gasteiger partial charge is 0.355 e. The second kappa shape index (κ2) is 9.50. The number of carbonyl (C=O) groups excluding carboxylic acids is 2. The van der Waals surface area contributed by atoms with Crippen molar-refractivity contribution in [2.45, 2.75) is 30.7 Å². The molecule has 2 unspecified atom stereocenters. The van der Waals surface area contributed by atoms with Crippen LogP contribution in [0.2, 0.25) is 0 Å². The summed E-state index contributed by atoms with van der Waals surface area (Å²) in [4.78, 5) is 34.8. The smallest absolute Gasteiger partial charge is 0.269 e. The lowest BCUT2D eigenvalue weighted by atomic mass is 9.94. The molecule has 2 fully saturated rings. The van der Waals surface area contributed by atoms with E-state index in [0.29, 0.717) is 19.6 Å². The first-order valence-corrected chi connectivity index (χ1v) is 12.8. The SMILES string of the molecule is CN1CCN(C(=O)C2CCN(C(=O)C3=CC4SC=CC4N3Cc3ccc(F)cc3)CC2)CC1. The summed E-state index contributed by atoms with van der Waals surface area (Å²) < 4.78 is 13.4. The topological polar surface area (TPSA) is 47.1 Å². The fourth-order valence-electron chi connectivity index (χ4n) is 5.19. The van der Waals surface area contributed by atoms with Gasteiger partial charge in [-0.25, -0.2) is 4.39 Å². The molecule has 4 heterocycles. The van der Waals surface area contributed by atoms with Crippen LogP contribution in [0.1, 0.15) is 18.4 Å². The number of rotatable bonds is 4. The number of hydrogen-bond acceptors (Lipinski definition) is 5. The van der Waals surface area contributed by atoms with Crippen molar-refractivity contribution in [3.8, 4) is 0 Å². The van der Waals surface area contributed by atoms with Gasteiger partial charge in [-0.3, -0.25) is 9.59 Å². The molecule has 0 aliphatic carbocycles. The Morgan fingerprint density at radius 1 is 1.00 bits per heavy atom. The Morgan fingerprint density at radius 3 is 2.39 bits per heavy atom. The number of fused-ring (bicyclic) bond motifs is 1. The molecule has 0 radical (unpaired) electrons. The molecular formula is C25H31FN4O2S. The molecule has 0 N–H and O–H groups in total. The van der Waals surface area contributed by atoms with Gasteiger partial charge >= 0.3 is 0 Å². The van der Waals surface area contributed by atoms with Crippen molar-refractivity contribution in [3.05, 3.63) is 58.9 Å². The van der Waals surface area contributed by atoms with Gasteiger partial charge in [0.15, 0.2) is 0 Å². The zero-order valence-corrected chi connectivity index (χ0v) is 19.8. The number of piperidine rings is 1. The average molecular weight is 471 g/mol. The summed E-state index contributed by atoms with van der Waals surface area (Å²) in [6.07, 6.45) is 5.69. The number of likely N-dealkylation sites (N-methyl/N-ethyl adjacent to an activating group) is 1. The number of nitrogens with zero attached hydrogens (tertiary/aromatic N) is 4. The highest BCUT2D eigenvalue weighted by Gasteiger charge is 2.40. The summed E-state index contributed by atoms with van der Waals surface area (Å²) in [6.45, 7) is 5.25. The molecule has 6 nitrogen and oxygen atoms in total. The first-order chi connectivity index (χ1) is 16.0. The van der Waals surface area contributed by atoms with E-state index in [1.807, 2.05) is 9.80 Å². The molecule has 176 valence electrons. The van der Waals surface area contributed by atoms with Crippen LogP contribution in [0.3, 0.4) is 0 Å². The number of thioether (sulfide) groups is 1. The molecule has 0 bridgehead atoms. The number of carbonyl (C=O) groups is 2. The third-order valence-electron chi connectivity index (χ3n) is 7.27. The summed E-state index contributed by atoms with van der Waals surface area (Å²) in [5, 5.41) is 2.33. The molecule has 0 spiro atoms. The van der Waals surface area contributed by atoms with Crippen molar-refractivity contribution in [1.82, 2.24) is 19.6 Å². The monoisotopic (exact) mass is 470 g/mol. The van der Waals surface area contributed by atoms with Crippen molar-refractivity contribution < 1.29 is 14.0 Å². The molecule has 2 atom stereocenters. The minimum Gasteiger partial charge on any atom is -0.355 e. The molecule has 0 aromatic heterocycles. The lowest BCUT2D eigenvalue weighted by Gasteiger charge is -2.38. The van der Waals surface area contributed by atoms with E-state index in [1.54, 1.807) is 23.9 Å². The first kappa shape index (κ1) is 22.5. The zero-order valence-electron chi connectivity index (χ0n) is 19.0. The Bertz CT molecular complexity index is 950. The fourth-order valence-corrected chi connectivity index (χ4v) is 6.22. The summed E-state index contributed by atoms with van der Waals surface area (Å²) in [6, 6.07) is 6.65. The third-order valence-corrected chi connectivity index (χ3v) is 8.31. The predicted octanol–water partition coefficient (Wildman–Crippen LogP) is 2.54. The molecule has 5 rings (SSSR count). The van der Waals surface area contributed by atoms with Crippen LogP contribution in [0.5, 0.6) is 0 Å². The van der Waals surface area contributed by atoms with Crippen LogP contribution in [0, 0.1) is 11.7 Å². The van der Waals surface area contributed by atoms with E-state index in [9.17, 15) is 14.0 Å². The number of hydrogen-bond donors (Lipinski definition) is 0. The van der Waals surface area contributed by atoms with Gasteiger partial charge in [0.25, 0.3) is 5.91 Å². The first-order valence-electron chi connectivity index (χ1n) is 11.8. The van der Waals surface area contributed by atoms with Crippen LogP contribution < -0.4 is 0 Å². The van der Waals surface area contributed by atoms with Gasteiger partial charge in [-0.2, -0.15) is 0 Å². The average Bonchev–Trinajstić information content (AvgIpc) is 3.43. The van der Waals surface area contributed by atoms with E-state index in [1.165, 1.54) is 12.1 Å². The maximum absolute atomic E-state index is 13.5. The quantitative estimate of drug-likeness (QED) is 0.677. The van der Waals surface area contributed by atoms with Gasteiger partial charge in [0, 0.05) is 51.7 Å². The second-order valence-corrected chi connectivity index (χ2v) is 10.5. The number of benzene rings is 1. The van der Waals surface area contributed by atoms with Crippen LogP contribution in [0.25, 0.3) is 0 Å². The highest BCUT2D eigenvalue weighted by molar-refractivity contribution is 8.03. The Morgan fingerprint density at radius 2 is 1.70 bits per heavy atom. The van der Waals surface area contributed by atoms with Gasteiger partial charge < -0.3 is 19.6 Å². The molecule has 2 saturated heterocycles. The standard InChI is InChI=1S/C25H31FN4O2S/c1-27-11-13-29(14-12-27)24(31)19-6-9-28(10-7-19)25(32)22-16-23-21(8-15-33-23)30(22)17-18-2-4-20(26)5-3-18/h2-5,8,15-16,19,21,23H,6-7,9-14,17H2,1H3. The van der Waals surface area contributed by atoms with Gasteiger partial charge in [-0.05, 0) is 49.1 Å². The van der Waals surface area contributed by atoms with Gasteiger partial charge in [0.2, 0.25) is 5.91 Å². The maximum Gasteiger partial charge on any atom is 0.269 e. The Hall–Kier alpha value is -2.32. The lowest BCUT2D eigenvalue weighted by molar-refractivity contribution is -0.141. The van der Waals surface area contributed by atoms with Crippen molar-refractivity contribution in [2.75, 3.05) is 46.3 Å². The lowest BCUT2D eigenvalue weighted by Crippen LogP contribution is -2.51. The Labute approximate surface area is 199 Å². The number of piperazine rings is 1. The molecule has 2 amide bonds. The van der Waals surface area contributed by atoms with E-state index in [-0.39, 0.29) is 34.8 Å². The van der Waals surface area contributed by atoms with E-state index in [0.717, 1.165) is 50.3 Å². The van der Waals surface area contributed by atoms with Crippen LogP contribution in [0.4, 0.5) is 4.39 Å². The summed E-state index contributed by atoms with van der Waals surface area (Å²) in [5.41, 5.74) is 1.72. The normalized spacial score (nSPS) is 26.0. The number of halogens is 1. The maximum atomic E-state index is 13.5. The predicted molar refractivity (Wildman–Crippen MR) is 128 cm³/mol. The van der Waals surface area contributed by atoms with Crippen molar-refractivity contribution in [1.29, 1.82) is 0 Å². The van der Waals surface area contributed by atoms with Crippen LogP contribution in [0.15, 0.2) is 47.5 Å². The highest BCUT2D eigenvalue weighted by atomic mass is 32.2. The molecule has 1 aromatic rings. The zero-order chi connectivity index (χ0) is 22.9. The van der Waals surface area contributed by atoms with Gasteiger partial charge in [0.1, 0.15) is 11.5 Å². The van der Waals surface area contributed by atoms with Crippen molar-refractivity contribution >= 4 is 23.6 Å². The van der Waals surface area contributed by atoms with E-state index < -0.39 is 0 Å². The van der Waals surface area contributed by atoms with Gasteiger partial charge in [-0.1, -0.05) is 18.2 Å². The summed E-state index contributed by atoms with van der Waals surface area (Å²) >= 11 is 1.73. The number of likely N-dealkylation sites (tertiary alicyclic amines) is 1. The molecule has 4 aliphatic rings. The van der Waals surface area contributed by atoms with E-state index >= 15 is 0 Å². The Balaban J connectivity index is 1.22. The fraction of sp³-hybridized carbons (Fsp3) is 0.520.